The lowest BCUT2D eigenvalue weighted by molar-refractivity contribution is -0.135. The number of anilines is 1. The molecule has 2 aromatic carbocycles. The smallest absolute Gasteiger partial charge is 0.260 e. The van der Waals surface area contributed by atoms with Crippen molar-refractivity contribution in [2.24, 2.45) is 0 Å². The first-order valence-electron chi connectivity index (χ1n) is 9.45. The molecule has 0 bridgehead atoms. The monoisotopic (exact) mass is 398 g/mol. The van der Waals surface area contributed by atoms with Crippen molar-refractivity contribution in [3.05, 3.63) is 53.6 Å². The Morgan fingerprint density at radius 2 is 1.83 bits per heavy atom. The summed E-state index contributed by atoms with van der Waals surface area (Å²) in [5.74, 6) is 0.111. The van der Waals surface area contributed by atoms with Crippen LogP contribution in [0.1, 0.15) is 29.8 Å². The Labute approximate surface area is 170 Å². The molecule has 0 fully saturated rings. The van der Waals surface area contributed by atoms with Crippen LogP contribution in [-0.4, -0.2) is 49.8 Å². The molecule has 0 saturated heterocycles. The Balaban J connectivity index is 1.92. The summed E-state index contributed by atoms with van der Waals surface area (Å²) >= 11 is 0. The first kappa shape index (κ1) is 21.9. The summed E-state index contributed by atoms with van der Waals surface area (Å²) in [6.45, 7) is 3.87. The molecular weight excluding hydrogens is 372 g/mol. The molecule has 2 rings (SSSR count). The second-order valence-corrected chi connectivity index (χ2v) is 6.35. The Kier molecular flexibility index (Phi) is 8.21. The fraction of sp³-hybridized carbons (Fsp3) is 0.318. The third-order valence-corrected chi connectivity index (χ3v) is 4.23. The van der Waals surface area contributed by atoms with Crippen molar-refractivity contribution in [2.75, 3.05) is 32.1 Å². The molecule has 0 saturated carbocycles. The zero-order valence-corrected chi connectivity index (χ0v) is 16.9. The van der Waals surface area contributed by atoms with E-state index in [9.17, 15) is 14.4 Å². The average Bonchev–Trinajstić information content (AvgIpc) is 2.72. The highest BCUT2D eigenvalue weighted by molar-refractivity contribution is 5.95. The molecule has 0 atom stereocenters. The first-order chi connectivity index (χ1) is 14.0. The Morgan fingerprint density at radius 3 is 2.52 bits per heavy atom. The second kappa shape index (κ2) is 10.8. The van der Waals surface area contributed by atoms with Gasteiger partial charge in [-0.05, 0) is 43.2 Å². The van der Waals surface area contributed by atoms with Crippen LogP contribution in [-0.2, 0) is 16.0 Å². The number of hydrogen-bond donors (Lipinski definition) is 1. The van der Waals surface area contributed by atoms with Gasteiger partial charge in [-0.3, -0.25) is 14.4 Å². The number of nitrogens with zero attached hydrogens (tertiary/aromatic N) is 1. The molecule has 0 aliphatic carbocycles. The van der Waals surface area contributed by atoms with Gasteiger partial charge in [0, 0.05) is 18.3 Å². The van der Waals surface area contributed by atoms with E-state index in [0.717, 1.165) is 17.7 Å². The van der Waals surface area contributed by atoms with Crippen LogP contribution in [0.25, 0.3) is 0 Å². The van der Waals surface area contributed by atoms with Gasteiger partial charge in [-0.2, -0.15) is 0 Å². The van der Waals surface area contributed by atoms with Crippen molar-refractivity contribution in [1.82, 2.24) is 4.90 Å². The van der Waals surface area contributed by atoms with Crippen molar-refractivity contribution in [3.8, 4) is 11.5 Å². The maximum absolute atomic E-state index is 12.3. The molecule has 2 aromatic rings. The number of nitrogens with one attached hydrogen (secondary N) is 1. The summed E-state index contributed by atoms with van der Waals surface area (Å²) in [6.07, 6.45) is 1.50. The lowest BCUT2D eigenvalue weighted by Crippen LogP contribution is -2.37. The van der Waals surface area contributed by atoms with Gasteiger partial charge in [-0.1, -0.05) is 25.1 Å². The van der Waals surface area contributed by atoms with Crippen molar-refractivity contribution >= 4 is 23.8 Å². The molecule has 0 radical (unpaired) electrons. The van der Waals surface area contributed by atoms with E-state index in [-0.39, 0.29) is 25.0 Å². The molecule has 0 aromatic heterocycles. The fourth-order valence-corrected chi connectivity index (χ4v) is 2.68. The minimum Gasteiger partial charge on any atom is -0.490 e. The molecule has 1 N–H and O–H groups in total. The van der Waals surface area contributed by atoms with Crippen molar-refractivity contribution in [1.29, 1.82) is 0 Å². The number of aldehydes is 1. The lowest BCUT2D eigenvalue weighted by atomic mass is 10.1. The molecule has 0 aliphatic heterocycles. The highest BCUT2D eigenvalue weighted by atomic mass is 16.5. The quantitative estimate of drug-likeness (QED) is 0.622. The maximum atomic E-state index is 12.3. The van der Waals surface area contributed by atoms with E-state index in [1.807, 2.05) is 38.1 Å². The number of hydrogen-bond acceptors (Lipinski definition) is 5. The number of carbonyl (C=O) groups excluding carboxylic acids is 3. The molecular formula is C22H26N2O5. The van der Waals surface area contributed by atoms with Crippen LogP contribution in [0.3, 0.4) is 0 Å². The van der Waals surface area contributed by atoms with Crippen LogP contribution in [0.15, 0.2) is 42.5 Å². The van der Waals surface area contributed by atoms with Crippen LogP contribution in [0, 0.1) is 0 Å². The molecule has 7 nitrogen and oxygen atoms in total. The molecule has 2 amide bonds. The van der Waals surface area contributed by atoms with Gasteiger partial charge in [0.05, 0.1) is 13.2 Å². The van der Waals surface area contributed by atoms with Gasteiger partial charge in [-0.15, -0.1) is 0 Å². The van der Waals surface area contributed by atoms with Crippen molar-refractivity contribution in [2.45, 2.75) is 20.3 Å². The van der Waals surface area contributed by atoms with Gasteiger partial charge in [0.15, 0.2) is 18.1 Å². The summed E-state index contributed by atoms with van der Waals surface area (Å²) in [7, 11) is 1.54. The van der Waals surface area contributed by atoms with E-state index in [1.165, 1.54) is 11.9 Å². The number of benzene rings is 2. The second-order valence-electron chi connectivity index (χ2n) is 6.35. The Bertz CT molecular complexity index is 866. The minimum atomic E-state index is -0.356. The summed E-state index contributed by atoms with van der Waals surface area (Å²) < 4.78 is 11.0. The number of amides is 2. The van der Waals surface area contributed by atoms with Gasteiger partial charge in [0.25, 0.3) is 5.91 Å². The zero-order valence-electron chi connectivity index (χ0n) is 16.9. The Hall–Kier alpha value is -3.35. The normalized spacial score (nSPS) is 10.2. The molecule has 154 valence electrons. The molecule has 0 spiro atoms. The summed E-state index contributed by atoms with van der Waals surface area (Å²) in [4.78, 5) is 36.8. The molecule has 7 heteroatoms. The lowest BCUT2D eigenvalue weighted by Gasteiger charge is -2.18. The van der Waals surface area contributed by atoms with Crippen LogP contribution < -0.4 is 14.8 Å². The maximum Gasteiger partial charge on any atom is 0.260 e. The van der Waals surface area contributed by atoms with E-state index in [4.69, 9.17) is 9.47 Å². The summed E-state index contributed by atoms with van der Waals surface area (Å²) in [5, 5.41) is 2.83. The largest absolute Gasteiger partial charge is 0.490 e. The number of para-hydroxylation sites is 1. The average molecular weight is 398 g/mol. The van der Waals surface area contributed by atoms with E-state index < -0.39 is 0 Å². The van der Waals surface area contributed by atoms with Gasteiger partial charge < -0.3 is 19.7 Å². The minimum absolute atomic E-state index is 0.0946. The number of ether oxygens (including phenoxy) is 2. The van der Waals surface area contributed by atoms with Crippen molar-refractivity contribution < 1.29 is 23.9 Å². The van der Waals surface area contributed by atoms with Crippen molar-refractivity contribution in [3.63, 3.8) is 0 Å². The third kappa shape index (κ3) is 6.34. The van der Waals surface area contributed by atoms with Gasteiger partial charge in [0.1, 0.15) is 6.29 Å². The number of likely N-dealkylation sites (N-methyl/N-ethyl adjacent to an activating group) is 1. The molecule has 29 heavy (non-hydrogen) atoms. The SMILES string of the molecule is CCOc1cc(C=O)ccc1OCC(=O)N(C)CC(=O)Nc1ccccc1CC. The summed E-state index contributed by atoms with van der Waals surface area (Å²) in [5.41, 5.74) is 2.22. The first-order valence-corrected chi connectivity index (χ1v) is 9.45. The zero-order chi connectivity index (χ0) is 21.2. The highest BCUT2D eigenvalue weighted by Gasteiger charge is 2.16. The van der Waals surface area contributed by atoms with Gasteiger partial charge in [-0.25, -0.2) is 0 Å². The summed E-state index contributed by atoms with van der Waals surface area (Å²) in [6, 6.07) is 12.3. The van der Waals surface area contributed by atoms with E-state index in [1.54, 1.807) is 18.2 Å². The number of rotatable bonds is 10. The fourth-order valence-electron chi connectivity index (χ4n) is 2.68. The highest BCUT2D eigenvalue weighted by Crippen LogP contribution is 2.28. The molecule has 0 aliphatic rings. The van der Waals surface area contributed by atoms with Crippen LogP contribution >= 0.6 is 0 Å². The molecule has 0 unspecified atom stereocenters. The van der Waals surface area contributed by atoms with E-state index >= 15 is 0 Å². The van der Waals surface area contributed by atoms with Crippen LogP contribution in [0.4, 0.5) is 5.69 Å². The molecule has 0 heterocycles. The third-order valence-electron chi connectivity index (χ3n) is 4.23. The van der Waals surface area contributed by atoms with Crippen LogP contribution in [0.5, 0.6) is 11.5 Å². The number of carbonyl (C=O) groups is 3. The van der Waals surface area contributed by atoms with Gasteiger partial charge >= 0.3 is 0 Å². The predicted molar refractivity (Wildman–Crippen MR) is 111 cm³/mol. The number of aryl methyl sites for hydroxylation is 1. The topological polar surface area (TPSA) is 84.9 Å². The van der Waals surface area contributed by atoms with E-state index in [0.29, 0.717) is 30.0 Å². The van der Waals surface area contributed by atoms with Crippen LogP contribution in [0.2, 0.25) is 0 Å². The standard InChI is InChI=1S/C22H26N2O5/c1-4-17-8-6-7-9-18(17)23-21(26)13-24(3)22(27)15-29-19-11-10-16(14-25)12-20(19)28-5-2/h6-12,14H,4-5,13,15H2,1-3H3,(H,23,26). The van der Waals surface area contributed by atoms with Gasteiger partial charge in [0.2, 0.25) is 5.91 Å². The predicted octanol–water partition coefficient (Wildman–Crippen LogP) is 2.94. The van der Waals surface area contributed by atoms with E-state index in [2.05, 4.69) is 5.32 Å². The Morgan fingerprint density at radius 1 is 1.07 bits per heavy atom.